The van der Waals surface area contributed by atoms with E-state index in [4.69, 9.17) is 9.47 Å². The number of hydrogen-bond acceptors (Lipinski definition) is 5. The van der Waals surface area contributed by atoms with E-state index in [1.54, 1.807) is 0 Å². The van der Waals surface area contributed by atoms with Crippen molar-refractivity contribution in [1.29, 1.82) is 0 Å². The van der Waals surface area contributed by atoms with Gasteiger partial charge in [0.1, 0.15) is 0 Å². The van der Waals surface area contributed by atoms with Crippen LogP contribution in [0.15, 0.2) is 71.2 Å². The molecule has 1 amide bonds. The van der Waals surface area contributed by atoms with Gasteiger partial charge in [-0.1, -0.05) is 48.0 Å². The average molecular weight is 513 g/mol. The van der Waals surface area contributed by atoms with E-state index >= 15 is 0 Å². The molecule has 0 unspecified atom stereocenters. The maximum Gasteiger partial charge on any atom is 0.262 e. The van der Waals surface area contributed by atoms with Crippen LogP contribution in [0.3, 0.4) is 0 Å². The average Bonchev–Trinajstić information content (AvgIpc) is 2.81. The zero-order chi connectivity index (χ0) is 23.6. The van der Waals surface area contributed by atoms with Gasteiger partial charge < -0.3 is 25.2 Å². The predicted molar refractivity (Wildman–Crippen MR) is 134 cm³/mol. The molecule has 6 nitrogen and oxygen atoms in total. The zero-order valence-electron chi connectivity index (χ0n) is 18.8. The molecule has 3 aromatic rings. The molecule has 0 saturated carbocycles. The van der Waals surface area contributed by atoms with Gasteiger partial charge in [0, 0.05) is 18.8 Å². The summed E-state index contributed by atoms with van der Waals surface area (Å²) in [4.78, 5) is 12.3. The number of nitrogens with one attached hydrogen (secondary N) is 2. The summed E-state index contributed by atoms with van der Waals surface area (Å²) < 4.78 is 12.2. The van der Waals surface area contributed by atoms with Crippen LogP contribution < -0.4 is 20.1 Å². The monoisotopic (exact) mass is 512 g/mol. The van der Waals surface area contributed by atoms with Gasteiger partial charge in [-0.3, -0.25) is 4.79 Å². The van der Waals surface area contributed by atoms with E-state index in [-0.39, 0.29) is 12.5 Å². The minimum absolute atomic E-state index is 0.145. The summed E-state index contributed by atoms with van der Waals surface area (Å²) in [5.74, 6) is 0.772. The fourth-order valence-corrected chi connectivity index (χ4v) is 3.85. The lowest BCUT2D eigenvalue weighted by Gasteiger charge is -2.16. The molecule has 3 N–H and O–H groups in total. The minimum atomic E-state index is -0.587. The first-order valence-corrected chi connectivity index (χ1v) is 11.6. The van der Waals surface area contributed by atoms with Gasteiger partial charge in [-0.2, -0.15) is 0 Å². The number of hydrogen-bond donors (Lipinski definition) is 3. The van der Waals surface area contributed by atoms with E-state index in [0.29, 0.717) is 35.7 Å². The number of carbonyl (C=O) groups is 1. The summed E-state index contributed by atoms with van der Waals surface area (Å²) in [5.41, 5.74) is 3.67. The maximum atomic E-state index is 12.3. The summed E-state index contributed by atoms with van der Waals surface area (Å²) in [6.45, 7) is 5.16. The van der Waals surface area contributed by atoms with Gasteiger partial charge in [-0.05, 0) is 65.2 Å². The van der Waals surface area contributed by atoms with Crippen LogP contribution in [0.1, 0.15) is 29.7 Å². The molecule has 0 fully saturated rings. The number of anilines is 1. The van der Waals surface area contributed by atoms with Crippen molar-refractivity contribution in [3.8, 4) is 11.5 Å². The van der Waals surface area contributed by atoms with Crippen molar-refractivity contribution in [2.75, 3.05) is 25.1 Å². The number of aliphatic hydroxyl groups excluding tert-OH is 1. The summed E-state index contributed by atoms with van der Waals surface area (Å²) >= 11 is 3.54. The molecule has 0 radical (unpaired) electrons. The van der Waals surface area contributed by atoms with Crippen LogP contribution in [0, 0.1) is 6.92 Å². The summed E-state index contributed by atoms with van der Waals surface area (Å²) in [6.07, 6.45) is -0.587. The first-order valence-electron chi connectivity index (χ1n) is 10.8. The van der Waals surface area contributed by atoms with Gasteiger partial charge >= 0.3 is 0 Å². The van der Waals surface area contributed by atoms with E-state index < -0.39 is 6.10 Å². The van der Waals surface area contributed by atoms with Gasteiger partial charge in [0.2, 0.25) is 0 Å². The van der Waals surface area contributed by atoms with Crippen LogP contribution in [-0.4, -0.2) is 30.8 Å². The van der Waals surface area contributed by atoms with E-state index in [9.17, 15) is 9.90 Å². The molecule has 0 aliphatic heterocycles. The lowest BCUT2D eigenvalue weighted by Crippen LogP contribution is -2.21. The largest absolute Gasteiger partial charge is 0.490 e. The number of halogens is 1. The van der Waals surface area contributed by atoms with Crippen LogP contribution in [0.2, 0.25) is 0 Å². The molecule has 3 aromatic carbocycles. The molecule has 3 rings (SSSR count). The highest BCUT2D eigenvalue weighted by atomic mass is 79.9. The number of aliphatic hydroxyl groups is 1. The van der Waals surface area contributed by atoms with Gasteiger partial charge in [0.25, 0.3) is 5.91 Å². The Hall–Kier alpha value is -2.87. The number of rotatable bonds is 11. The standard InChI is InChI=1S/C26H29BrN2O4/c1-3-32-24-14-19(15-28-16-23(30)20-7-5-4-6-8-20)13-22(27)26(24)33-17-25(31)29-21-11-9-18(2)10-12-21/h4-14,23,28,30H,3,15-17H2,1-2H3,(H,29,31)/t23-/m1/s1. The van der Waals surface area contributed by atoms with Crippen molar-refractivity contribution in [3.05, 3.63) is 87.9 Å². The molecule has 0 aliphatic rings. The van der Waals surface area contributed by atoms with Crippen LogP contribution in [0.4, 0.5) is 5.69 Å². The van der Waals surface area contributed by atoms with Crippen LogP contribution in [0.25, 0.3) is 0 Å². The molecule has 0 spiro atoms. The quantitative estimate of drug-likeness (QED) is 0.337. The van der Waals surface area contributed by atoms with Crippen LogP contribution >= 0.6 is 15.9 Å². The van der Waals surface area contributed by atoms with Crippen LogP contribution in [0.5, 0.6) is 11.5 Å². The number of aryl methyl sites for hydroxylation is 1. The molecule has 0 aliphatic carbocycles. The van der Waals surface area contributed by atoms with Crippen molar-refractivity contribution in [2.24, 2.45) is 0 Å². The molecule has 0 aromatic heterocycles. The highest BCUT2D eigenvalue weighted by molar-refractivity contribution is 9.10. The predicted octanol–water partition coefficient (Wildman–Crippen LogP) is 5.00. The first-order chi connectivity index (χ1) is 16.0. The fraction of sp³-hybridized carbons (Fsp3) is 0.269. The molecule has 0 bridgehead atoms. The Morgan fingerprint density at radius 1 is 1.06 bits per heavy atom. The number of ether oxygens (including phenoxy) is 2. The van der Waals surface area contributed by atoms with Crippen LogP contribution in [-0.2, 0) is 11.3 Å². The van der Waals surface area contributed by atoms with Gasteiger partial charge in [0.05, 0.1) is 17.2 Å². The Bertz CT molecular complexity index is 1040. The van der Waals surface area contributed by atoms with Gasteiger partial charge in [-0.15, -0.1) is 0 Å². The molecule has 7 heteroatoms. The lowest BCUT2D eigenvalue weighted by molar-refractivity contribution is -0.118. The molecule has 0 heterocycles. The number of carbonyl (C=O) groups excluding carboxylic acids is 1. The number of amides is 1. The van der Waals surface area contributed by atoms with Gasteiger partial charge in [-0.25, -0.2) is 0 Å². The van der Waals surface area contributed by atoms with E-state index in [0.717, 1.165) is 22.4 Å². The third-order valence-corrected chi connectivity index (χ3v) is 5.49. The van der Waals surface area contributed by atoms with Crippen molar-refractivity contribution in [2.45, 2.75) is 26.5 Å². The van der Waals surface area contributed by atoms with E-state index in [2.05, 4.69) is 26.6 Å². The molecular weight excluding hydrogens is 484 g/mol. The Balaban J connectivity index is 1.59. The minimum Gasteiger partial charge on any atom is -0.490 e. The topological polar surface area (TPSA) is 79.8 Å². The lowest BCUT2D eigenvalue weighted by atomic mass is 10.1. The highest BCUT2D eigenvalue weighted by Gasteiger charge is 2.15. The van der Waals surface area contributed by atoms with Crippen molar-refractivity contribution in [1.82, 2.24) is 5.32 Å². The van der Waals surface area contributed by atoms with E-state index in [1.165, 1.54) is 0 Å². The van der Waals surface area contributed by atoms with Crippen molar-refractivity contribution >= 4 is 27.5 Å². The SMILES string of the molecule is CCOc1cc(CNC[C@@H](O)c2ccccc2)cc(Br)c1OCC(=O)Nc1ccc(C)cc1. The number of benzene rings is 3. The first kappa shape index (κ1) is 24.8. The Labute approximate surface area is 203 Å². The molecule has 1 atom stereocenters. The highest BCUT2D eigenvalue weighted by Crippen LogP contribution is 2.37. The Morgan fingerprint density at radius 3 is 2.48 bits per heavy atom. The second-order valence-electron chi connectivity index (χ2n) is 7.60. The third-order valence-electron chi connectivity index (χ3n) is 4.90. The smallest absolute Gasteiger partial charge is 0.262 e. The molecule has 33 heavy (non-hydrogen) atoms. The normalized spacial score (nSPS) is 11.6. The third kappa shape index (κ3) is 7.60. The zero-order valence-corrected chi connectivity index (χ0v) is 20.4. The second-order valence-corrected chi connectivity index (χ2v) is 8.45. The fourth-order valence-electron chi connectivity index (χ4n) is 3.24. The van der Waals surface area contributed by atoms with Crippen molar-refractivity contribution < 1.29 is 19.4 Å². The maximum absolute atomic E-state index is 12.3. The Kier molecular flexibility index (Phi) is 9.30. The van der Waals surface area contributed by atoms with E-state index in [1.807, 2.05) is 80.6 Å². The summed E-state index contributed by atoms with van der Waals surface area (Å²) in [6, 6.07) is 20.9. The second kappa shape index (κ2) is 12.4. The van der Waals surface area contributed by atoms with Crippen molar-refractivity contribution in [3.63, 3.8) is 0 Å². The molecule has 0 saturated heterocycles. The summed E-state index contributed by atoms with van der Waals surface area (Å²) in [7, 11) is 0. The Morgan fingerprint density at radius 2 is 1.79 bits per heavy atom. The van der Waals surface area contributed by atoms with Gasteiger partial charge in [0.15, 0.2) is 18.1 Å². The molecular formula is C26H29BrN2O4. The summed E-state index contributed by atoms with van der Waals surface area (Å²) in [5, 5.41) is 16.4. The molecule has 174 valence electrons.